The lowest BCUT2D eigenvalue weighted by molar-refractivity contribution is -0.139. The number of para-hydroxylation sites is 1. The van der Waals surface area contributed by atoms with E-state index in [0.29, 0.717) is 11.3 Å². The van der Waals surface area contributed by atoms with Crippen molar-refractivity contribution in [2.45, 2.75) is 0 Å². The van der Waals surface area contributed by atoms with Gasteiger partial charge in [0.15, 0.2) is 6.61 Å². The van der Waals surface area contributed by atoms with Gasteiger partial charge in [0, 0.05) is 11.8 Å². The highest BCUT2D eigenvalue weighted by atomic mass is 16.5. The van der Waals surface area contributed by atoms with Crippen LogP contribution in [-0.2, 0) is 9.59 Å². The summed E-state index contributed by atoms with van der Waals surface area (Å²) < 4.78 is 5.12. The van der Waals surface area contributed by atoms with Crippen molar-refractivity contribution in [2.24, 2.45) is 5.10 Å². The van der Waals surface area contributed by atoms with Gasteiger partial charge < -0.3 is 15.2 Å². The predicted molar refractivity (Wildman–Crippen MR) is 91.9 cm³/mol. The molecule has 0 spiro atoms. The number of pyridine rings is 1. The molecule has 1 aromatic carbocycles. The van der Waals surface area contributed by atoms with Gasteiger partial charge in [-0.25, -0.2) is 10.2 Å². The Morgan fingerprint density at radius 3 is 2.65 bits per heavy atom. The summed E-state index contributed by atoms with van der Waals surface area (Å²) in [4.78, 5) is 37.9. The highest BCUT2D eigenvalue weighted by Gasteiger charge is 2.08. The number of aromatic nitrogens is 1. The number of hydrazone groups is 1. The van der Waals surface area contributed by atoms with E-state index in [0.717, 1.165) is 0 Å². The van der Waals surface area contributed by atoms with Gasteiger partial charge in [0.2, 0.25) is 0 Å². The van der Waals surface area contributed by atoms with Crippen LogP contribution in [0, 0.1) is 0 Å². The van der Waals surface area contributed by atoms with Crippen LogP contribution in [0.1, 0.15) is 16.1 Å². The van der Waals surface area contributed by atoms with Crippen molar-refractivity contribution in [3.63, 3.8) is 0 Å². The number of hydrogen-bond donors (Lipinski definition) is 3. The van der Waals surface area contributed by atoms with Crippen molar-refractivity contribution >= 4 is 24.0 Å². The van der Waals surface area contributed by atoms with Gasteiger partial charge >= 0.3 is 5.97 Å². The zero-order valence-corrected chi connectivity index (χ0v) is 13.6. The van der Waals surface area contributed by atoms with Crippen molar-refractivity contribution in [3.8, 4) is 5.75 Å². The van der Waals surface area contributed by atoms with Crippen LogP contribution in [0.3, 0.4) is 0 Å². The Hall–Kier alpha value is -3.75. The van der Waals surface area contributed by atoms with Crippen LogP contribution in [-0.4, -0.2) is 47.2 Å². The van der Waals surface area contributed by atoms with E-state index < -0.39 is 24.4 Å². The fourth-order valence-electron chi connectivity index (χ4n) is 1.82. The lowest BCUT2D eigenvalue weighted by Crippen LogP contribution is -2.35. The minimum Gasteiger partial charge on any atom is -0.481 e. The van der Waals surface area contributed by atoms with Gasteiger partial charge in [-0.1, -0.05) is 18.2 Å². The number of carboxylic acids is 1. The molecule has 0 bridgehead atoms. The first-order chi connectivity index (χ1) is 12.6. The lowest BCUT2D eigenvalue weighted by Gasteiger charge is -2.06. The molecule has 3 N–H and O–H groups in total. The summed E-state index contributed by atoms with van der Waals surface area (Å²) in [6, 6.07) is 11.5. The van der Waals surface area contributed by atoms with Crippen molar-refractivity contribution in [1.82, 2.24) is 15.7 Å². The molecule has 1 heterocycles. The maximum absolute atomic E-state index is 11.8. The number of rotatable bonds is 8. The van der Waals surface area contributed by atoms with Crippen LogP contribution in [0.2, 0.25) is 0 Å². The van der Waals surface area contributed by atoms with Crippen molar-refractivity contribution < 1.29 is 24.2 Å². The summed E-state index contributed by atoms with van der Waals surface area (Å²) in [6.07, 6.45) is 2.79. The number of carboxylic acid groups (broad SMARTS) is 1. The summed E-state index contributed by atoms with van der Waals surface area (Å²) in [6.45, 7) is -0.763. The maximum atomic E-state index is 11.8. The first kappa shape index (κ1) is 18.6. The Morgan fingerprint density at radius 1 is 1.15 bits per heavy atom. The molecule has 0 unspecified atom stereocenters. The number of nitrogens with zero attached hydrogens (tertiary/aromatic N) is 2. The van der Waals surface area contributed by atoms with E-state index in [1.807, 2.05) is 0 Å². The molecule has 2 rings (SSSR count). The van der Waals surface area contributed by atoms with E-state index in [-0.39, 0.29) is 12.2 Å². The Morgan fingerprint density at radius 2 is 1.92 bits per heavy atom. The number of nitrogens with one attached hydrogen (secondary N) is 2. The van der Waals surface area contributed by atoms with Crippen molar-refractivity contribution in [2.75, 3.05) is 13.2 Å². The van der Waals surface area contributed by atoms with E-state index in [1.54, 1.807) is 36.4 Å². The van der Waals surface area contributed by atoms with Crippen LogP contribution in [0.25, 0.3) is 0 Å². The van der Waals surface area contributed by atoms with Crippen LogP contribution < -0.4 is 15.5 Å². The van der Waals surface area contributed by atoms with E-state index in [9.17, 15) is 14.4 Å². The smallest absolute Gasteiger partial charge is 0.341 e. The molecule has 0 saturated heterocycles. The van der Waals surface area contributed by atoms with E-state index in [4.69, 9.17) is 9.84 Å². The normalized spacial score (nSPS) is 10.3. The molecule has 2 aromatic rings. The predicted octanol–water partition coefficient (Wildman–Crippen LogP) is 0.425. The molecule has 2 amide bonds. The second-order valence-electron chi connectivity index (χ2n) is 4.91. The van der Waals surface area contributed by atoms with Gasteiger partial charge in [0.1, 0.15) is 11.4 Å². The van der Waals surface area contributed by atoms with Gasteiger partial charge in [0.25, 0.3) is 11.8 Å². The second-order valence-corrected chi connectivity index (χ2v) is 4.91. The van der Waals surface area contributed by atoms with Gasteiger partial charge in [-0.2, -0.15) is 5.10 Å². The summed E-state index contributed by atoms with van der Waals surface area (Å²) >= 11 is 0. The lowest BCUT2D eigenvalue weighted by atomic mass is 10.2. The zero-order valence-electron chi connectivity index (χ0n) is 13.6. The highest BCUT2D eigenvalue weighted by molar-refractivity contribution is 5.95. The molecule has 0 aliphatic heterocycles. The molecule has 26 heavy (non-hydrogen) atoms. The number of amides is 2. The molecule has 0 radical (unpaired) electrons. The highest BCUT2D eigenvalue weighted by Crippen LogP contribution is 2.15. The first-order valence-electron chi connectivity index (χ1n) is 7.51. The topological polar surface area (TPSA) is 130 Å². The SMILES string of the molecule is O=C(O)COc1ccccc1/C=N\NC(=O)CNC(=O)c1ccccn1. The van der Waals surface area contributed by atoms with Gasteiger partial charge in [0.05, 0.1) is 12.8 Å². The van der Waals surface area contributed by atoms with Crippen molar-refractivity contribution in [1.29, 1.82) is 0 Å². The number of ether oxygens (including phenoxy) is 1. The fraction of sp³-hybridized carbons (Fsp3) is 0.118. The Labute approximate surface area is 148 Å². The molecule has 1 aromatic heterocycles. The molecule has 0 atom stereocenters. The van der Waals surface area contributed by atoms with Gasteiger partial charge in [-0.3, -0.25) is 14.6 Å². The Balaban J connectivity index is 1.83. The number of hydrogen-bond acceptors (Lipinski definition) is 6. The molecule has 134 valence electrons. The standard InChI is InChI=1S/C17H16N4O5/c22-15(10-19-17(25)13-6-3-4-8-18-13)21-20-9-12-5-1-2-7-14(12)26-11-16(23)24/h1-9H,10-11H2,(H,19,25)(H,21,22)(H,23,24)/b20-9-. The number of carbonyl (C=O) groups is 3. The Kier molecular flexibility index (Phi) is 6.81. The first-order valence-corrected chi connectivity index (χ1v) is 7.51. The Bertz CT molecular complexity index is 808. The fourth-order valence-corrected chi connectivity index (χ4v) is 1.82. The van der Waals surface area contributed by atoms with Crippen LogP contribution in [0.4, 0.5) is 0 Å². The molecule has 0 aliphatic carbocycles. The van der Waals surface area contributed by atoms with Gasteiger partial charge in [-0.05, 0) is 24.3 Å². The molecular formula is C17H16N4O5. The summed E-state index contributed by atoms with van der Waals surface area (Å²) in [5, 5.41) is 14.8. The summed E-state index contributed by atoms with van der Waals surface area (Å²) in [5.74, 6) is -1.79. The molecule has 0 fully saturated rings. The number of carbonyl (C=O) groups excluding carboxylic acids is 2. The summed E-state index contributed by atoms with van der Waals surface area (Å²) in [5.41, 5.74) is 2.95. The maximum Gasteiger partial charge on any atom is 0.341 e. The van der Waals surface area contributed by atoms with Crippen LogP contribution in [0.5, 0.6) is 5.75 Å². The quantitative estimate of drug-likeness (QED) is 0.464. The third-order valence-corrected chi connectivity index (χ3v) is 2.97. The van der Waals surface area contributed by atoms with Crippen LogP contribution >= 0.6 is 0 Å². The van der Waals surface area contributed by atoms with E-state index >= 15 is 0 Å². The van der Waals surface area contributed by atoms with E-state index in [1.165, 1.54) is 18.5 Å². The third-order valence-electron chi connectivity index (χ3n) is 2.97. The van der Waals surface area contributed by atoms with Crippen molar-refractivity contribution in [3.05, 3.63) is 59.9 Å². The van der Waals surface area contributed by atoms with Crippen LogP contribution in [0.15, 0.2) is 53.8 Å². The molecule has 9 heteroatoms. The third kappa shape index (κ3) is 6.04. The number of aliphatic carboxylic acids is 1. The monoisotopic (exact) mass is 356 g/mol. The molecule has 9 nitrogen and oxygen atoms in total. The molecule has 0 saturated carbocycles. The minimum atomic E-state index is -1.10. The second kappa shape index (κ2) is 9.52. The average molecular weight is 356 g/mol. The largest absolute Gasteiger partial charge is 0.481 e. The number of benzene rings is 1. The minimum absolute atomic E-state index is 0.202. The molecular weight excluding hydrogens is 340 g/mol. The molecule has 0 aliphatic rings. The summed E-state index contributed by atoms with van der Waals surface area (Å²) in [7, 11) is 0. The zero-order chi connectivity index (χ0) is 18.8. The van der Waals surface area contributed by atoms with E-state index in [2.05, 4.69) is 20.8 Å². The average Bonchev–Trinajstić information content (AvgIpc) is 2.66. The van der Waals surface area contributed by atoms with Gasteiger partial charge in [-0.15, -0.1) is 0 Å².